The van der Waals surface area contributed by atoms with Gasteiger partial charge in [-0.2, -0.15) is 0 Å². The zero-order valence-electron chi connectivity index (χ0n) is 10.1. The van der Waals surface area contributed by atoms with E-state index in [1.54, 1.807) is 0 Å². The first-order valence-corrected chi connectivity index (χ1v) is 6.50. The van der Waals surface area contributed by atoms with Gasteiger partial charge in [-0.1, -0.05) is 12.1 Å². The third-order valence-electron chi connectivity index (χ3n) is 2.92. The van der Waals surface area contributed by atoms with Crippen molar-refractivity contribution in [1.29, 1.82) is 0 Å². The monoisotopic (exact) mass is 273 g/mol. The number of nitrogens with zero attached hydrogens (tertiary/aromatic N) is 1. The number of hydrogen-bond acceptors (Lipinski definition) is 2. The van der Waals surface area contributed by atoms with E-state index in [4.69, 9.17) is 27.9 Å². The maximum absolute atomic E-state index is 6.03. The number of halogens is 2. The molecule has 0 aliphatic heterocycles. The fraction of sp³-hybridized carbons (Fsp3) is 0.538. The number of likely N-dealkylation sites (N-methyl/N-ethyl adjacent to an activating group) is 1. The van der Waals surface area contributed by atoms with Crippen LogP contribution in [0.2, 0.25) is 0 Å². The predicted molar refractivity (Wildman–Crippen MR) is 72.3 cm³/mol. The second kappa shape index (κ2) is 5.05. The van der Waals surface area contributed by atoms with Gasteiger partial charge in [0.1, 0.15) is 16.7 Å². The van der Waals surface area contributed by atoms with Crippen molar-refractivity contribution in [2.75, 3.05) is 27.2 Å². The molecule has 2 rings (SSSR count). The second-order valence-electron chi connectivity index (χ2n) is 4.74. The summed E-state index contributed by atoms with van der Waals surface area (Å²) in [4.78, 5) is 2.09. The Hall–Kier alpha value is -0.440. The quantitative estimate of drug-likeness (QED) is 0.764. The smallest absolute Gasteiger partial charge is 0.125 e. The minimum absolute atomic E-state index is 0.279. The highest BCUT2D eigenvalue weighted by Crippen LogP contribution is 2.59. The molecule has 1 saturated carbocycles. The minimum atomic E-state index is -0.548. The topological polar surface area (TPSA) is 12.5 Å². The van der Waals surface area contributed by atoms with E-state index in [1.807, 2.05) is 38.4 Å². The SMILES string of the molecule is CN(C)CCOc1ccc(C2CC2(Cl)Cl)cc1. The summed E-state index contributed by atoms with van der Waals surface area (Å²) in [5.41, 5.74) is 1.19. The zero-order chi connectivity index (χ0) is 12.5. The molecule has 1 fully saturated rings. The van der Waals surface area contributed by atoms with Gasteiger partial charge in [0.2, 0.25) is 0 Å². The van der Waals surface area contributed by atoms with E-state index in [0.29, 0.717) is 6.61 Å². The Bertz CT molecular complexity index is 376. The Morgan fingerprint density at radius 2 is 1.88 bits per heavy atom. The van der Waals surface area contributed by atoms with Crippen LogP contribution in [0.15, 0.2) is 24.3 Å². The Labute approximate surface area is 112 Å². The third kappa shape index (κ3) is 3.51. The minimum Gasteiger partial charge on any atom is -0.492 e. The normalized spacial score (nSPS) is 21.6. The van der Waals surface area contributed by atoms with Gasteiger partial charge in [0, 0.05) is 12.5 Å². The van der Waals surface area contributed by atoms with Crippen molar-refractivity contribution >= 4 is 23.2 Å². The first-order valence-electron chi connectivity index (χ1n) is 5.74. The average molecular weight is 274 g/mol. The fourth-order valence-corrected chi connectivity index (χ4v) is 2.28. The molecule has 94 valence electrons. The molecule has 0 heterocycles. The second-order valence-corrected chi connectivity index (χ2v) is 6.28. The Morgan fingerprint density at radius 3 is 2.35 bits per heavy atom. The molecule has 1 aliphatic rings. The molecule has 1 aliphatic carbocycles. The van der Waals surface area contributed by atoms with Crippen molar-refractivity contribution in [3.05, 3.63) is 29.8 Å². The largest absolute Gasteiger partial charge is 0.492 e. The molecule has 0 radical (unpaired) electrons. The van der Waals surface area contributed by atoms with Crippen molar-refractivity contribution in [2.45, 2.75) is 16.7 Å². The van der Waals surface area contributed by atoms with Crippen LogP contribution in [0.25, 0.3) is 0 Å². The summed E-state index contributed by atoms with van der Waals surface area (Å²) < 4.78 is 5.07. The molecular formula is C13H17Cl2NO. The van der Waals surface area contributed by atoms with Crippen LogP contribution >= 0.6 is 23.2 Å². The molecule has 1 unspecified atom stereocenters. The van der Waals surface area contributed by atoms with Gasteiger partial charge in [0.05, 0.1) is 0 Å². The molecule has 0 amide bonds. The molecule has 0 aromatic heterocycles. The first kappa shape index (κ1) is 13.0. The maximum Gasteiger partial charge on any atom is 0.125 e. The molecule has 0 saturated heterocycles. The summed E-state index contributed by atoms with van der Waals surface area (Å²) in [6.45, 7) is 1.61. The first-order chi connectivity index (χ1) is 7.99. The predicted octanol–water partition coefficient (Wildman–Crippen LogP) is 3.29. The number of rotatable bonds is 5. The summed E-state index contributed by atoms with van der Waals surface area (Å²) >= 11 is 12.1. The van der Waals surface area contributed by atoms with Crippen molar-refractivity contribution < 1.29 is 4.74 Å². The lowest BCUT2D eigenvalue weighted by molar-refractivity contribution is 0.261. The van der Waals surface area contributed by atoms with E-state index < -0.39 is 4.33 Å². The lowest BCUT2D eigenvalue weighted by Crippen LogP contribution is -2.19. The maximum atomic E-state index is 6.03. The van der Waals surface area contributed by atoms with Crippen molar-refractivity contribution in [3.8, 4) is 5.75 Å². The molecule has 0 spiro atoms. The number of benzene rings is 1. The summed E-state index contributed by atoms with van der Waals surface area (Å²) in [6, 6.07) is 8.05. The third-order valence-corrected chi connectivity index (χ3v) is 3.75. The van der Waals surface area contributed by atoms with Gasteiger partial charge in [0.15, 0.2) is 0 Å². The van der Waals surface area contributed by atoms with Gasteiger partial charge in [0.25, 0.3) is 0 Å². The van der Waals surface area contributed by atoms with E-state index >= 15 is 0 Å². The van der Waals surface area contributed by atoms with Crippen LogP contribution in [-0.2, 0) is 0 Å². The van der Waals surface area contributed by atoms with Crippen LogP contribution in [0.4, 0.5) is 0 Å². The summed E-state index contributed by atoms with van der Waals surface area (Å²) in [5.74, 6) is 1.17. The van der Waals surface area contributed by atoms with Crippen LogP contribution in [0.3, 0.4) is 0 Å². The van der Waals surface area contributed by atoms with Crippen LogP contribution in [0, 0.1) is 0 Å². The van der Waals surface area contributed by atoms with Crippen LogP contribution in [0.5, 0.6) is 5.75 Å². The number of alkyl halides is 2. The van der Waals surface area contributed by atoms with Gasteiger partial charge in [-0.25, -0.2) is 0 Å². The van der Waals surface area contributed by atoms with Gasteiger partial charge < -0.3 is 9.64 Å². The van der Waals surface area contributed by atoms with E-state index in [2.05, 4.69) is 4.90 Å². The number of hydrogen-bond donors (Lipinski definition) is 0. The van der Waals surface area contributed by atoms with E-state index in [-0.39, 0.29) is 5.92 Å². The molecule has 1 aromatic rings. The lowest BCUT2D eigenvalue weighted by Gasteiger charge is -2.11. The van der Waals surface area contributed by atoms with Crippen molar-refractivity contribution in [1.82, 2.24) is 4.90 Å². The molecule has 1 aromatic carbocycles. The van der Waals surface area contributed by atoms with E-state index in [0.717, 1.165) is 18.7 Å². The summed E-state index contributed by atoms with van der Waals surface area (Å²) in [5, 5.41) is 0. The highest BCUT2D eigenvalue weighted by molar-refractivity contribution is 6.51. The van der Waals surface area contributed by atoms with Gasteiger partial charge in [-0.05, 0) is 38.2 Å². The Morgan fingerprint density at radius 1 is 1.29 bits per heavy atom. The van der Waals surface area contributed by atoms with E-state index in [9.17, 15) is 0 Å². The lowest BCUT2D eigenvalue weighted by atomic mass is 10.1. The Balaban J connectivity index is 1.86. The highest BCUT2D eigenvalue weighted by atomic mass is 35.5. The van der Waals surface area contributed by atoms with Gasteiger partial charge in [-0.15, -0.1) is 23.2 Å². The van der Waals surface area contributed by atoms with Crippen LogP contribution < -0.4 is 4.74 Å². The molecule has 2 nitrogen and oxygen atoms in total. The van der Waals surface area contributed by atoms with Crippen molar-refractivity contribution in [2.24, 2.45) is 0 Å². The average Bonchev–Trinajstić information content (AvgIpc) is 2.88. The van der Waals surface area contributed by atoms with Gasteiger partial charge >= 0.3 is 0 Å². The fourth-order valence-electron chi connectivity index (χ4n) is 1.72. The Kier molecular flexibility index (Phi) is 3.86. The van der Waals surface area contributed by atoms with E-state index in [1.165, 1.54) is 5.56 Å². The standard InChI is InChI=1S/C13H17Cl2NO/c1-16(2)7-8-17-11-5-3-10(4-6-11)12-9-13(12,14)15/h3-6,12H,7-9H2,1-2H3. The van der Waals surface area contributed by atoms with Crippen LogP contribution in [-0.4, -0.2) is 36.5 Å². The molecule has 1 atom stereocenters. The zero-order valence-corrected chi connectivity index (χ0v) is 11.6. The van der Waals surface area contributed by atoms with Crippen LogP contribution in [0.1, 0.15) is 17.9 Å². The molecular weight excluding hydrogens is 257 g/mol. The summed E-state index contributed by atoms with van der Waals surface area (Å²) in [7, 11) is 4.06. The summed E-state index contributed by atoms with van der Waals surface area (Å²) in [6.07, 6.45) is 0.844. The number of ether oxygens (including phenoxy) is 1. The van der Waals surface area contributed by atoms with Gasteiger partial charge in [-0.3, -0.25) is 0 Å². The van der Waals surface area contributed by atoms with Crippen molar-refractivity contribution in [3.63, 3.8) is 0 Å². The molecule has 17 heavy (non-hydrogen) atoms. The molecule has 0 N–H and O–H groups in total. The molecule has 4 heteroatoms. The molecule has 0 bridgehead atoms. The highest BCUT2D eigenvalue weighted by Gasteiger charge is 2.52.